The maximum atomic E-state index is 11.3. The lowest BCUT2D eigenvalue weighted by Crippen LogP contribution is -2.27. The van der Waals surface area contributed by atoms with Crippen LogP contribution < -0.4 is 4.74 Å². The molecule has 0 aliphatic carbocycles. The Bertz CT molecular complexity index is 424. The minimum Gasteiger partial charge on any atom is -0.484 e. The molecule has 5 heteroatoms. The van der Waals surface area contributed by atoms with Gasteiger partial charge in [-0.3, -0.25) is 4.79 Å². The van der Waals surface area contributed by atoms with E-state index in [0.29, 0.717) is 17.9 Å². The smallest absolute Gasteiger partial charge is 0.259 e. The third-order valence-electron chi connectivity index (χ3n) is 2.42. The van der Waals surface area contributed by atoms with Gasteiger partial charge in [-0.25, -0.2) is 0 Å². The fraction of sp³-hybridized carbons (Fsp3) is 0.385. The van der Waals surface area contributed by atoms with Crippen molar-refractivity contribution in [3.63, 3.8) is 0 Å². The Morgan fingerprint density at radius 1 is 1.33 bits per heavy atom. The minimum atomic E-state index is -0.0812. The number of hydrogen-bond donors (Lipinski definition) is 1. The van der Waals surface area contributed by atoms with Crippen LogP contribution in [0.25, 0.3) is 0 Å². The summed E-state index contributed by atoms with van der Waals surface area (Å²) in [4.78, 5) is 12.8. The summed E-state index contributed by atoms with van der Waals surface area (Å²) in [6, 6.07) is 7.35. The predicted molar refractivity (Wildman–Crippen MR) is 69.2 cm³/mol. The SMILES string of the molecule is C/C(Cc1ccc(OCC(=O)N(C)C)cc1)=N\O. The summed E-state index contributed by atoms with van der Waals surface area (Å²) in [5, 5.41) is 11.7. The topological polar surface area (TPSA) is 62.1 Å². The number of nitrogens with zero attached hydrogens (tertiary/aromatic N) is 2. The highest BCUT2D eigenvalue weighted by Gasteiger charge is 2.04. The van der Waals surface area contributed by atoms with Gasteiger partial charge in [-0.2, -0.15) is 0 Å². The lowest BCUT2D eigenvalue weighted by Gasteiger charge is -2.11. The van der Waals surface area contributed by atoms with Crippen molar-refractivity contribution in [2.45, 2.75) is 13.3 Å². The van der Waals surface area contributed by atoms with Crippen LogP contribution in [0.4, 0.5) is 0 Å². The molecule has 0 saturated heterocycles. The average Bonchev–Trinajstić information content (AvgIpc) is 2.37. The largest absolute Gasteiger partial charge is 0.484 e. The molecule has 5 nitrogen and oxygen atoms in total. The Kier molecular flexibility index (Phi) is 5.17. The van der Waals surface area contributed by atoms with Gasteiger partial charge in [-0.05, 0) is 24.6 Å². The molecular weight excluding hydrogens is 232 g/mol. The van der Waals surface area contributed by atoms with Gasteiger partial charge in [-0.15, -0.1) is 0 Å². The second kappa shape index (κ2) is 6.64. The summed E-state index contributed by atoms with van der Waals surface area (Å²) < 4.78 is 5.34. The van der Waals surface area contributed by atoms with Gasteiger partial charge in [0.15, 0.2) is 6.61 Å². The summed E-state index contributed by atoms with van der Waals surface area (Å²) >= 11 is 0. The molecule has 1 aromatic carbocycles. The number of rotatable bonds is 5. The lowest BCUT2D eigenvalue weighted by molar-refractivity contribution is -0.130. The molecule has 0 atom stereocenters. The number of benzene rings is 1. The molecular formula is C13H18N2O3. The Labute approximate surface area is 107 Å². The van der Waals surface area contributed by atoms with E-state index in [1.165, 1.54) is 4.90 Å². The maximum Gasteiger partial charge on any atom is 0.259 e. The molecule has 1 amide bonds. The Morgan fingerprint density at radius 3 is 2.44 bits per heavy atom. The van der Waals surface area contributed by atoms with E-state index in [4.69, 9.17) is 9.94 Å². The predicted octanol–water partition coefficient (Wildman–Crippen LogP) is 1.55. The third-order valence-corrected chi connectivity index (χ3v) is 2.42. The zero-order chi connectivity index (χ0) is 13.5. The van der Waals surface area contributed by atoms with Crippen molar-refractivity contribution >= 4 is 11.6 Å². The minimum absolute atomic E-state index is 0.0312. The molecule has 1 rings (SSSR count). The molecule has 0 aliphatic heterocycles. The maximum absolute atomic E-state index is 11.3. The lowest BCUT2D eigenvalue weighted by atomic mass is 10.1. The molecule has 1 N–H and O–H groups in total. The molecule has 18 heavy (non-hydrogen) atoms. The molecule has 0 spiro atoms. The van der Waals surface area contributed by atoms with Crippen LogP contribution in [-0.4, -0.2) is 42.4 Å². The normalized spacial score (nSPS) is 11.2. The third kappa shape index (κ3) is 4.45. The molecule has 0 unspecified atom stereocenters. The van der Waals surface area contributed by atoms with Crippen molar-refractivity contribution in [3.05, 3.63) is 29.8 Å². The fourth-order valence-corrected chi connectivity index (χ4v) is 1.31. The van der Waals surface area contributed by atoms with Gasteiger partial charge < -0.3 is 14.8 Å². The van der Waals surface area contributed by atoms with Crippen molar-refractivity contribution in [2.75, 3.05) is 20.7 Å². The fourth-order valence-electron chi connectivity index (χ4n) is 1.31. The molecule has 0 aromatic heterocycles. The summed E-state index contributed by atoms with van der Waals surface area (Å²) in [5.41, 5.74) is 1.67. The van der Waals surface area contributed by atoms with Crippen molar-refractivity contribution in [1.82, 2.24) is 4.90 Å². The van der Waals surface area contributed by atoms with Gasteiger partial charge in [0.1, 0.15) is 5.75 Å². The Morgan fingerprint density at radius 2 is 1.94 bits per heavy atom. The van der Waals surface area contributed by atoms with Gasteiger partial charge in [0.2, 0.25) is 0 Å². The van der Waals surface area contributed by atoms with Crippen LogP contribution in [0.5, 0.6) is 5.75 Å². The first-order valence-corrected chi connectivity index (χ1v) is 5.62. The van der Waals surface area contributed by atoms with Crippen molar-refractivity contribution in [1.29, 1.82) is 0 Å². The molecule has 0 saturated carbocycles. The van der Waals surface area contributed by atoms with Crippen LogP contribution >= 0.6 is 0 Å². The van der Waals surface area contributed by atoms with Gasteiger partial charge in [0, 0.05) is 20.5 Å². The van der Waals surface area contributed by atoms with Crippen molar-refractivity contribution in [2.24, 2.45) is 5.16 Å². The van der Waals surface area contributed by atoms with E-state index in [2.05, 4.69) is 5.16 Å². The Hall–Kier alpha value is -2.04. The number of likely N-dealkylation sites (N-methyl/N-ethyl adjacent to an activating group) is 1. The zero-order valence-electron chi connectivity index (χ0n) is 10.9. The first-order chi connectivity index (χ1) is 8.52. The molecule has 1 aromatic rings. The number of oxime groups is 1. The summed E-state index contributed by atoms with van der Waals surface area (Å²) in [6.07, 6.45) is 0.591. The van der Waals surface area contributed by atoms with Crippen molar-refractivity contribution in [3.8, 4) is 5.75 Å². The van der Waals surface area contributed by atoms with Crippen LogP contribution in [0.2, 0.25) is 0 Å². The highest BCUT2D eigenvalue weighted by molar-refractivity contribution is 5.83. The molecule has 0 bridgehead atoms. The molecule has 0 aliphatic rings. The zero-order valence-corrected chi connectivity index (χ0v) is 10.9. The molecule has 0 heterocycles. The molecule has 0 radical (unpaired) electrons. The van der Waals surface area contributed by atoms with E-state index in [1.807, 2.05) is 12.1 Å². The van der Waals surface area contributed by atoms with Crippen LogP contribution in [0.15, 0.2) is 29.4 Å². The average molecular weight is 250 g/mol. The second-order valence-electron chi connectivity index (χ2n) is 4.23. The van der Waals surface area contributed by atoms with E-state index in [9.17, 15) is 4.79 Å². The number of ether oxygens (including phenoxy) is 1. The van der Waals surface area contributed by atoms with Crippen LogP contribution in [0, 0.1) is 0 Å². The van der Waals surface area contributed by atoms with Crippen LogP contribution in [0.3, 0.4) is 0 Å². The number of carbonyl (C=O) groups excluding carboxylic acids is 1. The van der Waals surface area contributed by atoms with Crippen LogP contribution in [-0.2, 0) is 11.2 Å². The number of hydrogen-bond acceptors (Lipinski definition) is 4. The van der Waals surface area contributed by atoms with E-state index in [-0.39, 0.29) is 12.5 Å². The van der Waals surface area contributed by atoms with E-state index < -0.39 is 0 Å². The summed E-state index contributed by atoms with van der Waals surface area (Å²) in [5.74, 6) is 0.565. The first-order valence-electron chi connectivity index (χ1n) is 5.62. The standard InChI is InChI=1S/C13H18N2O3/c1-10(14-17)8-11-4-6-12(7-5-11)18-9-13(16)15(2)3/h4-7,17H,8-9H2,1-3H3/b14-10+. The van der Waals surface area contributed by atoms with Gasteiger partial charge in [0.05, 0.1) is 5.71 Å². The molecule has 98 valence electrons. The first kappa shape index (κ1) is 14.0. The van der Waals surface area contributed by atoms with Crippen molar-refractivity contribution < 1.29 is 14.7 Å². The van der Waals surface area contributed by atoms with Gasteiger partial charge >= 0.3 is 0 Å². The summed E-state index contributed by atoms with van der Waals surface area (Å²) in [6.45, 7) is 1.78. The van der Waals surface area contributed by atoms with Gasteiger partial charge in [-0.1, -0.05) is 17.3 Å². The Balaban J connectivity index is 2.53. The van der Waals surface area contributed by atoms with E-state index >= 15 is 0 Å². The van der Waals surface area contributed by atoms with E-state index in [0.717, 1.165) is 5.56 Å². The van der Waals surface area contributed by atoms with E-state index in [1.54, 1.807) is 33.2 Å². The van der Waals surface area contributed by atoms with Crippen LogP contribution in [0.1, 0.15) is 12.5 Å². The monoisotopic (exact) mass is 250 g/mol. The second-order valence-corrected chi connectivity index (χ2v) is 4.23. The number of amides is 1. The summed E-state index contributed by atoms with van der Waals surface area (Å²) in [7, 11) is 3.37. The van der Waals surface area contributed by atoms with Gasteiger partial charge in [0.25, 0.3) is 5.91 Å². The molecule has 0 fully saturated rings. The quantitative estimate of drug-likeness (QED) is 0.490. The number of carbonyl (C=O) groups is 1. The highest BCUT2D eigenvalue weighted by Crippen LogP contribution is 2.13. The highest BCUT2D eigenvalue weighted by atomic mass is 16.5.